The van der Waals surface area contributed by atoms with Crippen LogP contribution in [0, 0.1) is 20.8 Å². The number of anilines is 1. The summed E-state index contributed by atoms with van der Waals surface area (Å²) in [6, 6.07) is 2.21. The molecule has 2 nitrogen and oxygen atoms in total. The molecule has 3 heteroatoms. The first-order chi connectivity index (χ1) is 8.02. The third kappa shape index (κ3) is 3.06. The van der Waals surface area contributed by atoms with Crippen LogP contribution in [0.25, 0.3) is 0 Å². The van der Waals surface area contributed by atoms with E-state index in [2.05, 4.69) is 38.8 Å². The molecule has 1 rings (SSSR count). The zero-order valence-corrected chi connectivity index (χ0v) is 12.2. The summed E-state index contributed by atoms with van der Waals surface area (Å²) < 4.78 is 5.56. The number of benzene rings is 1. The van der Waals surface area contributed by atoms with Crippen LogP contribution in [0.2, 0.25) is 0 Å². The van der Waals surface area contributed by atoms with Crippen LogP contribution in [-0.2, 0) is 0 Å². The van der Waals surface area contributed by atoms with E-state index < -0.39 is 0 Å². The maximum atomic E-state index is 5.75. The third-order valence-electron chi connectivity index (χ3n) is 3.17. The molecule has 96 valence electrons. The molecule has 0 saturated heterocycles. The van der Waals surface area contributed by atoms with Gasteiger partial charge in [0.15, 0.2) is 0 Å². The number of hydrogen-bond donors (Lipinski definition) is 0. The molecule has 17 heavy (non-hydrogen) atoms. The zero-order chi connectivity index (χ0) is 13.0. The van der Waals surface area contributed by atoms with Crippen LogP contribution in [0.15, 0.2) is 6.07 Å². The summed E-state index contributed by atoms with van der Waals surface area (Å²) in [5, 5.41) is 0. The first-order valence-corrected chi connectivity index (χ1v) is 6.48. The quantitative estimate of drug-likeness (QED) is 0.744. The number of hydrogen-bond acceptors (Lipinski definition) is 2. The SMILES string of the molecule is COc1c(C)c(C)cc(C)c1N(C)CCCCl. The molecule has 0 N–H and O–H groups in total. The van der Waals surface area contributed by atoms with Gasteiger partial charge in [0.05, 0.1) is 12.8 Å². The topological polar surface area (TPSA) is 12.5 Å². The van der Waals surface area contributed by atoms with Crippen molar-refractivity contribution >= 4 is 17.3 Å². The Morgan fingerprint density at radius 2 is 1.88 bits per heavy atom. The van der Waals surface area contributed by atoms with E-state index in [4.69, 9.17) is 16.3 Å². The summed E-state index contributed by atoms with van der Waals surface area (Å²) in [6.07, 6.45) is 0.980. The van der Waals surface area contributed by atoms with Gasteiger partial charge < -0.3 is 9.64 Å². The van der Waals surface area contributed by atoms with Gasteiger partial charge >= 0.3 is 0 Å². The number of nitrogens with zero attached hydrogens (tertiary/aromatic N) is 1. The van der Waals surface area contributed by atoms with Gasteiger partial charge in [-0.25, -0.2) is 0 Å². The fourth-order valence-corrected chi connectivity index (χ4v) is 2.29. The molecular weight excluding hydrogens is 234 g/mol. The van der Waals surface area contributed by atoms with E-state index in [0.717, 1.165) is 18.7 Å². The summed E-state index contributed by atoms with van der Waals surface area (Å²) in [5.74, 6) is 1.68. The molecule has 0 amide bonds. The molecule has 0 saturated carbocycles. The van der Waals surface area contributed by atoms with Crippen molar-refractivity contribution in [2.45, 2.75) is 27.2 Å². The highest BCUT2D eigenvalue weighted by Gasteiger charge is 2.15. The molecule has 0 aliphatic carbocycles. The number of aryl methyl sites for hydroxylation is 2. The second-order valence-corrected chi connectivity index (χ2v) is 4.86. The molecular formula is C14H22ClNO. The lowest BCUT2D eigenvalue weighted by Crippen LogP contribution is -2.21. The van der Waals surface area contributed by atoms with E-state index in [9.17, 15) is 0 Å². The van der Waals surface area contributed by atoms with Gasteiger partial charge in [-0.15, -0.1) is 11.6 Å². The largest absolute Gasteiger partial charge is 0.494 e. The predicted molar refractivity (Wildman–Crippen MR) is 75.8 cm³/mol. The highest BCUT2D eigenvalue weighted by molar-refractivity contribution is 6.17. The standard InChI is InChI=1S/C14H22ClNO/c1-10-9-11(2)13(14(17-5)12(10)3)16(4)8-6-7-15/h9H,6-8H2,1-5H3. The Bertz CT molecular complexity index is 390. The zero-order valence-electron chi connectivity index (χ0n) is 11.4. The van der Waals surface area contributed by atoms with Crippen LogP contribution in [0.1, 0.15) is 23.1 Å². The minimum atomic E-state index is 0.691. The highest BCUT2D eigenvalue weighted by Crippen LogP contribution is 2.36. The molecule has 1 aromatic carbocycles. The molecule has 0 aromatic heterocycles. The summed E-state index contributed by atoms with van der Waals surface area (Å²) in [7, 11) is 3.83. The van der Waals surface area contributed by atoms with Gasteiger partial charge in [-0.05, 0) is 43.9 Å². The maximum Gasteiger partial charge on any atom is 0.145 e. The molecule has 0 unspecified atom stereocenters. The lowest BCUT2D eigenvalue weighted by atomic mass is 10.0. The Morgan fingerprint density at radius 3 is 2.41 bits per heavy atom. The molecule has 0 heterocycles. The van der Waals surface area contributed by atoms with Crippen molar-refractivity contribution in [2.24, 2.45) is 0 Å². The van der Waals surface area contributed by atoms with Gasteiger partial charge in [0.25, 0.3) is 0 Å². The van der Waals surface area contributed by atoms with E-state index in [1.165, 1.54) is 22.4 Å². The average molecular weight is 256 g/mol. The van der Waals surface area contributed by atoms with E-state index >= 15 is 0 Å². The monoisotopic (exact) mass is 255 g/mol. The molecule has 0 bridgehead atoms. The van der Waals surface area contributed by atoms with Crippen molar-refractivity contribution in [2.75, 3.05) is 31.5 Å². The van der Waals surface area contributed by atoms with Crippen molar-refractivity contribution in [3.8, 4) is 5.75 Å². The van der Waals surface area contributed by atoms with Crippen LogP contribution in [0.3, 0.4) is 0 Å². The molecule has 0 atom stereocenters. The fourth-order valence-electron chi connectivity index (χ4n) is 2.17. The summed E-state index contributed by atoms with van der Waals surface area (Å²) >= 11 is 5.75. The van der Waals surface area contributed by atoms with Crippen LogP contribution in [-0.4, -0.2) is 26.6 Å². The molecule has 0 aliphatic rings. The van der Waals surface area contributed by atoms with Gasteiger partial charge in [-0.3, -0.25) is 0 Å². The second kappa shape index (κ2) is 6.15. The van der Waals surface area contributed by atoms with Gasteiger partial charge in [0, 0.05) is 19.5 Å². The van der Waals surface area contributed by atoms with Crippen LogP contribution in [0.4, 0.5) is 5.69 Å². The highest BCUT2D eigenvalue weighted by atomic mass is 35.5. The lowest BCUT2D eigenvalue weighted by Gasteiger charge is -2.25. The first-order valence-electron chi connectivity index (χ1n) is 5.94. The Hall–Kier alpha value is -0.890. The van der Waals surface area contributed by atoms with Gasteiger partial charge in [0.2, 0.25) is 0 Å². The Labute approximate surface area is 110 Å². The summed E-state index contributed by atoms with van der Waals surface area (Å²) in [6.45, 7) is 7.30. The molecule has 1 aromatic rings. The van der Waals surface area contributed by atoms with Gasteiger partial charge in [-0.2, -0.15) is 0 Å². The van der Waals surface area contributed by atoms with Crippen LogP contribution < -0.4 is 9.64 Å². The molecule has 0 radical (unpaired) electrons. The number of halogens is 1. The number of rotatable bonds is 5. The Morgan fingerprint density at radius 1 is 1.24 bits per heavy atom. The van der Waals surface area contributed by atoms with Crippen molar-refractivity contribution in [3.63, 3.8) is 0 Å². The minimum Gasteiger partial charge on any atom is -0.494 e. The van der Waals surface area contributed by atoms with Crippen molar-refractivity contribution < 1.29 is 4.74 Å². The maximum absolute atomic E-state index is 5.75. The molecule has 0 aliphatic heterocycles. The van der Waals surface area contributed by atoms with Crippen LogP contribution >= 0.6 is 11.6 Å². The predicted octanol–water partition coefficient (Wildman–Crippen LogP) is 3.69. The normalized spacial score (nSPS) is 10.5. The Kier molecular flexibility index (Phi) is 5.13. The lowest BCUT2D eigenvalue weighted by molar-refractivity contribution is 0.411. The summed E-state index contributed by atoms with van der Waals surface area (Å²) in [5.41, 5.74) is 4.92. The minimum absolute atomic E-state index is 0.691. The van der Waals surface area contributed by atoms with Crippen molar-refractivity contribution in [3.05, 3.63) is 22.8 Å². The van der Waals surface area contributed by atoms with Crippen LogP contribution in [0.5, 0.6) is 5.75 Å². The fraction of sp³-hybridized carbons (Fsp3) is 0.571. The number of methoxy groups -OCH3 is 1. The van der Waals surface area contributed by atoms with Gasteiger partial charge in [-0.1, -0.05) is 6.07 Å². The number of ether oxygens (including phenoxy) is 1. The molecule has 0 fully saturated rings. The average Bonchev–Trinajstić information content (AvgIpc) is 2.30. The van der Waals surface area contributed by atoms with Crippen molar-refractivity contribution in [1.29, 1.82) is 0 Å². The molecule has 0 spiro atoms. The van der Waals surface area contributed by atoms with E-state index in [-0.39, 0.29) is 0 Å². The second-order valence-electron chi connectivity index (χ2n) is 4.48. The van der Waals surface area contributed by atoms with E-state index in [1.807, 2.05) is 0 Å². The van der Waals surface area contributed by atoms with Crippen molar-refractivity contribution in [1.82, 2.24) is 0 Å². The third-order valence-corrected chi connectivity index (χ3v) is 3.43. The van der Waals surface area contributed by atoms with E-state index in [1.54, 1.807) is 7.11 Å². The first kappa shape index (κ1) is 14.2. The van der Waals surface area contributed by atoms with E-state index in [0.29, 0.717) is 5.88 Å². The summed E-state index contributed by atoms with van der Waals surface area (Å²) in [4.78, 5) is 2.23. The Balaban J connectivity index is 3.17. The van der Waals surface area contributed by atoms with Gasteiger partial charge in [0.1, 0.15) is 5.75 Å². The number of alkyl halides is 1. The smallest absolute Gasteiger partial charge is 0.145 e.